The second-order valence-corrected chi connectivity index (χ2v) is 4.73. The van der Waals surface area contributed by atoms with Crippen LogP contribution in [0.5, 0.6) is 0 Å². The van der Waals surface area contributed by atoms with Crippen molar-refractivity contribution in [3.63, 3.8) is 0 Å². The van der Waals surface area contributed by atoms with Crippen LogP contribution in [-0.2, 0) is 0 Å². The van der Waals surface area contributed by atoms with E-state index in [4.69, 9.17) is 0 Å². The van der Waals surface area contributed by atoms with Gasteiger partial charge in [0, 0.05) is 30.9 Å². The van der Waals surface area contributed by atoms with E-state index in [0.29, 0.717) is 0 Å². The van der Waals surface area contributed by atoms with Crippen LogP contribution in [0.25, 0.3) is 0 Å². The molecule has 0 bridgehead atoms. The maximum atomic E-state index is 10.6. The van der Waals surface area contributed by atoms with E-state index in [9.17, 15) is 10.1 Å². The fourth-order valence-corrected chi connectivity index (χ4v) is 2.31. The molecular formula is C13H19N3O2. The van der Waals surface area contributed by atoms with Gasteiger partial charge in [-0.25, -0.2) is 0 Å². The molecule has 1 aliphatic heterocycles. The van der Waals surface area contributed by atoms with Gasteiger partial charge in [0.05, 0.1) is 4.92 Å². The van der Waals surface area contributed by atoms with Gasteiger partial charge >= 0.3 is 0 Å². The summed E-state index contributed by atoms with van der Waals surface area (Å²) < 4.78 is 0. The van der Waals surface area contributed by atoms with Crippen LogP contribution in [0.3, 0.4) is 0 Å². The molecule has 5 nitrogen and oxygen atoms in total. The molecule has 0 unspecified atom stereocenters. The van der Waals surface area contributed by atoms with Crippen LogP contribution in [0.1, 0.15) is 18.4 Å². The number of benzene rings is 1. The maximum Gasteiger partial charge on any atom is 0.269 e. The fourth-order valence-electron chi connectivity index (χ4n) is 2.31. The summed E-state index contributed by atoms with van der Waals surface area (Å²) in [5.74, 6) is 0. The number of nitro groups is 1. The number of aryl methyl sites for hydroxylation is 1. The molecule has 1 heterocycles. The molecule has 1 saturated heterocycles. The Morgan fingerprint density at radius 1 is 1.39 bits per heavy atom. The van der Waals surface area contributed by atoms with Crippen LogP contribution in [-0.4, -0.2) is 36.0 Å². The average Bonchev–Trinajstić information content (AvgIpc) is 2.84. The van der Waals surface area contributed by atoms with Crippen molar-refractivity contribution in [3.8, 4) is 0 Å². The van der Waals surface area contributed by atoms with E-state index >= 15 is 0 Å². The summed E-state index contributed by atoms with van der Waals surface area (Å²) in [6.07, 6.45) is 2.60. The number of likely N-dealkylation sites (tertiary alicyclic amines) is 1. The van der Waals surface area contributed by atoms with Crippen LogP contribution in [0.4, 0.5) is 11.4 Å². The van der Waals surface area contributed by atoms with Crippen LogP contribution < -0.4 is 5.32 Å². The third kappa shape index (κ3) is 3.20. The molecule has 0 spiro atoms. The highest BCUT2D eigenvalue weighted by molar-refractivity contribution is 5.55. The van der Waals surface area contributed by atoms with Crippen molar-refractivity contribution in [3.05, 3.63) is 33.9 Å². The van der Waals surface area contributed by atoms with Crippen LogP contribution in [0, 0.1) is 17.0 Å². The zero-order valence-corrected chi connectivity index (χ0v) is 10.7. The molecule has 98 valence electrons. The van der Waals surface area contributed by atoms with E-state index in [-0.39, 0.29) is 10.6 Å². The Labute approximate surface area is 107 Å². The number of nitrogens with zero attached hydrogens (tertiary/aromatic N) is 2. The SMILES string of the molecule is Cc1cc([N+](=O)[O-])ccc1NCCN1CCCC1. The molecule has 2 rings (SSSR count). The first-order valence-electron chi connectivity index (χ1n) is 6.38. The van der Waals surface area contributed by atoms with E-state index in [1.165, 1.54) is 25.9 Å². The quantitative estimate of drug-likeness (QED) is 0.643. The molecule has 0 radical (unpaired) electrons. The predicted molar refractivity (Wildman–Crippen MR) is 72.0 cm³/mol. The molecule has 1 fully saturated rings. The second-order valence-electron chi connectivity index (χ2n) is 4.73. The second kappa shape index (κ2) is 5.82. The summed E-state index contributed by atoms with van der Waals surface area (Å²) in [6, 6.07) is 4.95. The normalized spacial score (nSPS) is 15.8. The zero-order valence-electron chi connectivity index (χ0n) is 10.7. The third-order valence-corrected chi connectivity index (χ3v) is 3.36. The van der Waals surface area contributed by atoms with Crippen LogP contribution >= 0.6 is 0 Å². The molecule has 0 amide bonds. The molecule has 1 N–H and O–H groups in total. The van der Waals surface area contributed by atoms with Gasteiger partial charge in [0.15, 0.2) is 0 Å². The molecule has 0 saturated carbocycles. The number of rotatable bonds is 5. The molecule has 0 aliphatic carbocycles. The van der Waals surface area contributed by atoms with Crippen molar-refractivity contribution in [1.29, 1.82) is 0 Å². The molecule has 18 heavy (non-hydrogen) atoms. The fraction of sp³-hybridized carbons (Fsp3) is 0.538. The lowest BCUT2D eigenvalue weighted by Crippen LogP contribution is -2.26. The largest absolute Gasteiger partial charge is 0.384 e. The van der Waals surface area contributed by atoms with E-state index in [0.717, 1.165) is 24.3 Å². The monoisotopic (exact) mass is 249 g/mol. The Hall–Kier alpha value is -1.62. The minimum atomic E-state index is -0.360. The highest BCUT2D eigenvalue weighted by Gasteiger charge is 2.11. The van der Waals surface area contributed by atoms with E-state index < -0.39 is 0 Å². The van der Waals surface area contributed by atoms with Crippen LogP contribution in [0.2, 0.25) is 0 Å². The Balaban J connectivity index is 1.87. The van der Waals surface area contributed by atoms with Crippen molar-refractivity contribution in [1.82, 2.24) is 4.90 Å². The minimum absolute atomic E-state index is 0.151. The summed E-state index contributed by atoms with van der Waals surface area (Å²) >= 11 is 0. The molecule has 1 aromatic carbocycles. The van der Waals surface area contributed by atoms with Crippen LogP contribution in [0.15, 0.2) is 18.2 Å². The van der Waals surface area contributed by atoms with Gasteiger partial charge in [0.2, 0.25) is 0 Å². The van der Waals surface area contributed by atoms with Gasteiger partial charge in [-0.05, 0) is 44.5 Å². The van der Waals surface area contributed by atoms with Crippen molar-refractivity contribution in [2.24, 2.45) is 0 Å². The molecule has 0 atom stereocenters. The van der Waals surface area contributed by atoms with E-state index in [1.807, 2.05) is 6.92 Å². The molecule has 1 aromatic rings. The number of non-ortho nitro benzene ring substituents is 1. The average molecular weight is 249 g/mol. The van der Waals surface area contributed by atoms with Crippen molar-refractivity contribution >= 4 is 11.4 Å². The molecular weight excluding hydrogens is 230 g/mol. The Kier molecular flexibility index (Phi) is 4.15. The van der Waals surface area contributed by atoms with Crippen molar-refractivity contribution in [2.75, 3.05) is 31.5 Å². The Morgan fingerprint density at radius 2 is 2.11 bits per heavy atom. The summed E-state index contributed by atoms with van der Waals surface area (Å²) in [7, 11) is 0. The first kappa shape index (κ1) is 12.8. The van der Waals surface area contributed by atoms with E-state index in [2.05, 4.69) is 10.2 Å². The molecule has 5 heteroatoms. The zero-order chi connectivity index (χ0) is 13.0. The van der Waals surface area contributed by atoms with Gasteiger partial charge in [-0.3, -0.25) is 10.1 Å². The lowest BCUT2D eigenvalue weighted by Gasteiger charge is -2.16. The first-order chi connectivity index (χ1) is 8.66. The summed E-state index contributed by atoms with van der Waals surface area (Å²) in [6.45, 7) is 6.21. The highest BCUT2D eigenvalue weighted by Crippen LogP contribution is 2.20. The number of hydrogen-bond donors (Lipinski definition) is 1. The topological polar surface area (TPSA) is 58.4 Å². The summed E-state index contributed by atoms with van der Waals surface area (Å²) in [5.41, 5.74) is 2.06. The van der Waals surface area contributed by atoms with Gasteiger partial charge < -0.3 is 10.2 Å². The highest BCUT2D eigenvalue weighted by atomic mass is 16.6. The molecule has 0 aromatic heterocycles. The Morgan fingerprint density at radius 3 is 2.72 bits per heavy atom. The third-order valence-electron chi connectivity index (χ3n) is 3.36. The number of nitro benzene ring substituents is 1. The smallest absolute Gasteiger partial charge is 0.269 e. The minimum Gasteiger partial charge on any atom is -0.384 e. The maximum absolute atomic E-state index is 10.6. The number of anilines is 1. The standard InChI is InChI=1S/C13H19N3O2/c1-11-10-12(16(17)18)4-5-13(11)14-6-9-15-7-2-3-8-15/h4-5,10,14H,2-3,6-9H2,1H3. The van der Waals surface area contributed by atoms with Crippen molar-refractivity contribution in [2.45, 2.75) is 19.8 Å². The number of nitrogens with one attached hydrogen (secondary N) is 1. The van der Waals surface area contributed by atoms with Gasteiger partial charge in [0.1, 0.15) is 0 Å². The summed E-state index contributed by atoms with van der Waals surface area (Å²) in [4.78, 5) is 12.7. The molecule has 1 aliphatic rings. The van der Waals surface area contributed by atoms with Gasteiger partial charge in [-0.2, -0.15) is 0 Å². The number of hydrogen-bond acceptors (Lipinski definition) is 4. The first-order valence-corrected chi connectivity index (χ1v) is 6.38. The van der Waals surface area contributed by atoms with E-state index in [1.54, 1.807) is 18.2 Å². The van der Waals surface area contributed by atoms with Gasteiger partial charge in [-0.1, -0.05) is 0 Å². The van der Waals surface area contributed by atoms with Crippen molar-refractivity contribution < 1.29 is 4.92 Å². The lowest BCUT2D eigenvalue weighted by molar-refractivity contribution is -0.384. The van der Waals surface area contributed by atoms with Gasteiger partial charge in [0.25, 0.3) is 5.69 Å². The van der Waals surface area contributed by atoms with Gasteiger partial charge in [-0.15, -0.1) is 0 Å². The Bertz CT molecular complexity index is 428. The lowest BCUT2D eigenvalue weighted by atomic mass is 10.2. The summed E-state index contributed by atoms with van der Waals surface area (Å²) in [5, 5.41) is 14.0. The predicted octanol–water partition coefficient (Wildman–Crippen LogP) is 2.41.